The second kappa shape index (κ2) is 17.5. The van der Waals surface area contributed by atoms with Gasteiger partial charge in [-0.05, 0) is 63.8 Å². The molecule has 0 aromatic heterocycles. The van der Waals surface area contributed by atoms with E-state index in [4.69, 9.17) is 28.9 Å². The first kappa shape index (κ1) is 40.8. The minimum absolute atomic E-state index is 0.0159. The van der Waals surface area contributed by atoms with Crippen molar-refractivity contribution in [2.45, 2.75) is 81.4 Å². The fourth-order valence-corrected chi connectivity index (χ4v) is 9.84. The molecule has 1 heterocycles. The van der Waals surface area contributed by atoms with Crippen molar-refractivity contribution in [1.29, 1.82) is 0 Å². The van der Waals surface area contributed by atoms with E-state index in [0.717, 1.165) is 62.8 Å². The Morgan fingerprint density at radius 2 is 1.07 bits per heavy atom. The number of hydrogen-bond acceptors (Lipinski definition) is 4. The van der Waals surface area contributed by atoms with Gasteiger partial charge in [-0.3, -0.25) is 0 Å². The van der Waals surface area contributed by atoms with Crippen molar-refractivity contribution >= 4 is 56.9 Å². The van der Waals surface area contributed by atoms with Crippen LogP contribution in [0.5, 0.6) is 11.5 Å². The number of anilines is 2. The van der Waals surface area contributed by atoms with Crippen molar-refractivity contribution < 1.29 is 23.0 Å². The SMILES string of the molecule is CC(C)Oc1ccc2ccccc2c1-c1c(OC(C)C)c([CH]=[Ru]([Cl])[Cl])cc2ccccc12.Cc1cc(C)c(N2[CH-]N(c3c(C)cc(C)cc3C)CC2)c(C)c1. The minimum atomic E-state index is -2.09. The van der Waals surface area contributed by atoms with Gasteiger partial charge in [0.2, 0.25) is 0 Å². The van der Waals surface area contributed by atoms with Crippen LogP contribution in [0.2, 0.25) is 0 Å². The molecule has 7 heteroatoms. The van der Waals surface area contributed by atoms with Crippen LogP contribution in [0.25, 0.3) is 32.7 Å². The second-order valence-electron chi connectivity index (χ2n) is 15.2. The van der Waals surface area contributed by atoms with Gasteiger partial charge in [0.15, 0.2) is 0 Å². The molecule has 1 aliphatic rings. The van der Waals surface area contributed by atoms with Gasteiger partial charge < -0.3 is 9.80 Å². The molecule has 290 valence electrons. The third kappa shape index (κ3) is 9.23. The standard InChI is InChI=1S/C27H26O2.C21H27N2.2ClH.Ru/c1-17(2)28-24-15-14-20-10-6-8-12-22(20)25(24)26-23-13-9-7-11-21(23)16-19(5)27(26)29-18(3)4;1-14-9-16(3)20(17(4)10-14)22-7-8-23(13-22)21-18(5)11-15(2)12-19(21)6;;;/h5-18H,1-4H3;9-13H,7-8H2,1-6H3;2*1H;/q;-1;;;+2/p-2. The number of aryl methyl sites for hydroxylation is 6. The molecule has 4 nitrogen and oxygen atoms in total. The van der Waals surface area contributed by atoms with Gasteiger partial charge in [-0.25, -0.2) is 0 Å². The third-order valence-electron chi connectivity index (χ3n) is 9.78. The maximum absolute atomic E-state index is 6.47. The molecular formula is C48H53Cl2N2O2Ru-. The predicted octanol–water partition coefficient (Wildman–Crippen LogP) is 13.3. The molecule has 0 atom stereocenters. The Labute approximate surface area is 341 Å². The summed E-state index contributed by atoms with van der Waals surface area (Å²) in [5.41, 5.74) is 13.8. The van der Waals surface area contributed by atoms with E-state index >= 15 is 0 Å². The van der Waals surface area contributed by atoms with Crippen LogP contribution < -0.4 is 19.3 Å². The Balaban J connectivity index is 0.000000197. The fraction of sp³-hybridized carbons (Fsp3) is 0.292. The van der Waals surface area contributed by atoms with Gasteiger partial charge in [-0.15, -0.1) is 0 Å². The Hall–Kier alpha value is -3.89. The van der Waals surface area contributed by atoms with Gasteiger partial charge in [0.25, 0.3) is 0 Å². The predicted molar refractivity (Wildman–Crippen MR) is 236 cm³/mol. The number of hydrogen-bond donors (Lipinski definition) is 0. The van der Waals surface area contributed by atoms with Gasteiger partial charge in [-0.2, -0.15) is 6.67 Å². The summed E-state index contributed by atoms with van der Waals surface area (Å²) in [6, 6.07) is 32.1. The first-order valence-corrected chi connectivity index (χ1v) is 24.5. The maximum Gasteiger partial charge on any atom is 0.0146 e. The van der Waals surface area contributed by atoms with E-state index in [1.54, 1.807) is 0 Å². The molecule has 0 spiro atoms. The summed E-state index contributed by atoms with van der Waals surface area (Å²) in [5.74, 6) is 1.63. The van der Waals surface area contributed by atoms with Crippen molar-refractivity contribution in [1.82, 2.24) is 0 Å². The first-order valence-electron chi connectivity index (χ1n) is 19.0. The summed E-state index contributed by atoms with van der Waals surface area (Å²) in [4.78, 5) is 4.81. The van der Waals surface area contributed by atoms with Crippen molar-refractivity contribution in [3.05, 3.63) is 137 Å². The van der Waals surface area contributed by atoms with Crippen molar-refractivity contribution in [2.75, 3.05) is 22.9 Å². The summed E-state index contributed by atoms with van der Waals surface area (Å²) in [7, 11) is 12.7. The molecule has 0 bridgehead atoms. The molecule has 6 aromatic rings. The average Bonchev–Trinajstić information content (AvgIpc) is 3.56. The minimum Gasteiger partial charge on any atom is -0.502 e. The molecular weight excluding hydrogens is 809 g/mol. The summed E-state index contributed by atoms with van der Waals surface area (Å²) in [6.45, 7) is 25.7. The van der Waals surface area contributed by atoms with Gasteiger partial charge in [0.05, 0.1) is 0 Å². The summed E-state index contributed by atoms with van der Waals surface area (Å²) in [5, 5.41) is 4.48. The van der Waals surface area contributed by atoms with Crippen LogP contribution >= 0.6 is 19.4 Å². The summed E-state index contributed by atoms with van der Waals surface area (Å²) < 4.78 is 14.8. The molecule has 55 heavy (non-hydrogen) atoms. The number of halogens is 2. The number of benzene rings is 6. The van der Waals surface area contributed by atoms with Gasteiger partial charge in [0.1, 0.15) is 0 Å². The van der Waals surface area contributed by atoms with Crippen molar-refractivity contribution in [2.24, 2.45) is 0 Å². The van der Waals surface area contributed by atoms with Crippen LogP contribution in [0.15, 0.2) is 91.0 Å². The first-order chi connectivity index (χ1) is 26.2. The molecule has 1 fully saturated rings. The van der Waals surface area contributed by atoms with E-state index in [-0.39, 0.29) is 12.2 Å². The number of nitrogens with zero attached hydrogens (tertiary/aromatic N) is 2. The Bertz CT molecular complexity index is 2270. The second-order valence-corrected chi connectivity index (χ2v) is 20.9. The zero-order valence-corrected chi connectivity index (χ0v) is 37.0. The zero-order chi connectivity index (χ0) is 39.6. The number of fused-ring (bicyclic) bond motifs is 2. The Kier molecular flexibility index (Phi) is 13.0. The topological polar surface area (TPSA) is 24.9 Å². The zero-order valence-electron chi connectivity index (χ0n) is 33.7. The van der Waals surface area contributed by atoms with Crippen molar-refractivity contribution in [3.8, 4) is 22.6 Å². The van der Waals surface area contributed by atoms with Crippen LogP contribution in [0.1, 0.15) is 66.6 Å². The van der Waals surface area contributed by atoms with E-state index in [2.05, 4.69) is 143 Å². The largest absolute Gasteiger partial charge is 0.502 e. The monoisotopic (exact) mass is 861 g/mol. The molecule has 7 rings (SSSR count). The number of ether oxygens (including phenoxy) is 2. The van der Waals surface area contributed by atoms with E-state index in [9.17, 15) is 0 Å². The molecule has 0 unspecified atom stereocenters. The number of rotatable bonds is 8. The van der Waals surface area contributed by atoms with Gasteiger partial charge in [0, 0.05) is 24.5 Å². The quantitative estimate of drug-likeness (QED) is 0.112. The average molecular weight is 862 g/mol. The van der Waals surface area contributed by atoms with E-state index in [1.807, 2.05) is 38.4 Å². The van der Waals surface area contributed by atoms with Crippen molar-refractivity contribution in [3.63, 3.8) is 0 Å². The third-order valence-corrected chi connectivity index (χ3v) is 11.6. The van der Waals surface area contributed by atoms with Crippen LogP contribution in [0, 0.1) is 48.2 Å². The van der Waals surface area contributed by atoms with Crippen LogP contribution in [-0.4, -0.2) is 29.9 Å². The Morgan fingerprint density at radius 1 is 0.600 bits per heavy atom. The molecule has 1 aliphatic heterocycles. The van der Waals surface area contributed by atoms with Gasteiger partial charge >= 0.3 is 203 Å². The molecule has 6 aromatic carbocycles. The van der Waals surface area contributed by atoms with Crippen LogP contribution in [0.3, 0.4) is 0 Å². The fourth-order valence-electron chi connectivity index (χ4n) is 8.07. The smallest absolute Gasteiger partial charge is 0.0146 e. The summed E-state index contributed by atoms with van der Waals surface area (Å²) >= 11 is -2.09. The maximum atomic E-state index is 6.47. The molecule has 0 amide bonds. The molecule has 1 saturated heterocycles. The Morgan fingerprint density at radius 3 is 1.56 bits per heavy atom. The molecule has 0 saturated carbocycles. The summed E-state index contributed by atoms with van der Waals surface area (Å²) in [6.07, 6.45) is 0.0194. The molecule has 0 aliphatic carbocycles. The van der Waals surface area contributed by atoms with E-state index in [0.29, 0.717) is 0 Å². The molecule has 0 N–H and O–H groups in total. The van der Waals surface area contributed by atoms with Gasteiger partial charge in [-0.1, -0.05) is 35.4 Å². The van der Waals surface area contributed by atoms with Crippen LogP contribution in [0.4, 0.5) is 11.4 Å². The van der Waals surface area contributed by atoms with Crippen LogP contribution in [-0.2, 0) is 13.5 Å². The molecule has 0 radical (unpaired) electrons. The normalized spacial score (nSPS) is 13.1. The van der Waals surface area contributed by atoms with E-state index < -0.39 is 13.5 Å². The van der Waals surface area contributed by atoms with E-state index in [1.165, 1.54) is 44.8 Å².